The Kier molecular flexibility index (Phi) is 8.10. The molecule has 0 unspecified atom stereocenters. The maximum atomic E-state index is 13.1. The van der Waals surface area contributed by atoms with Crippen molar-refractivity contribution < 1.29 is 23.8 Å². The quantitative estimate of drug-likeness (QED) is 0.589. The number of methoxy groups -OCH3 is 1. The summed E-state index contributed by atoms with van der Waals surface area (Å²) in [7, 11) is 1.54. The minimum atomic E-state index is -0.977. The van der Waals surface area contributed by atoms with Gasteiger partial charge in [0, 0.05) is 18.7 Å². The van der Waals surface area contributed by atoms with Crippen LogP contribution in [0, 0.1) is 0 Å². The predicted octanol–water partition coefficient (Wildman–Crippen LogP) is 4.40. The Balaban J connectivity index is 1.68. The maximum Gasteiger partial charge on any atom is 0.345 e. The highest BCUT2D eigenvalue weighted by atomic mass is 16.6. The molecule has 6 nitrogen and oxygen atoms in total. The molecule has 164 valence electrons. The molecule has 1 heterocycles. The number of carbonyl (C=O) groups is 2. The van der Waals surface area contributed by atoms with Crippen LogP contribution in [0.15, 0.2) is 54.6 Å². The van der Waals surface area contributed by atoms with Gasteiger partial charge in [0.2, 0.25) is 6.10 Å². The number of benzene rings is 2. The molecule has 0 bridgehead atoms. The van der Waals surface area contributed by atoms with Gasteiger partial charge >= 0.3 is 5.97 Å². The molecule has 1 fully saturated rings. The van der Waals surface area contributed by atoms with Gasteiger partial charge in [-0.05, 0) is 43.9 Å². The first kappa shape index (κ1) is 22.4. The molecular formula is C25H29NO5. The van der Waals surface area contributed by atoms with E-state index in [2.05, 4.69) is 0 Å². The van der Waals surface area contributed by atoms with Crippen molar-refractivity contribution >= 4 is 18.0 Å². The lowest BCUT2D eigenvalue weighted by Crippen LogP contribution is -2.40. The van der Waals surface area contributed by atoms with E-state index in [1.165, 1.54) is 0 Å². The zero-order valence-corrected chi connectivity index (χ0v) is 18.1. The summed E-state index contributed by atoms with van der Waals surface area (Å²) in [4.78, 5) is 27.5. The summed E-state index contributed by atoms with van der Waals surface area (Å²) in [5, 5.41) is 0. The number of piperidine rings is 1. The lowest BCUT2D eigenvalue weighted by Gasteiger charge is -2.30. The van der Waals surface area contributed by atoms with Crippen molar-refractivity contribution in [2.75, 3.05) is 26.8 Å². The van der Waals surface area contributed by atoms with E-state index >= 15 is 0 Å². The number of ether oxygens (including phenoxy) is 3. The molecule has 0 N–H and O–H groups in total. The summed E-state index contributed by atoms with van der Waals surface area (Å²) < 4.78 is 16.6. The normalized spacial score (nSPS) is 14.8. The summed E-state index contributed by atoms with van der Waals surface area (Å²) in [6.45, 7) is 2.98. The lowest BCUT2D eigenvalue weighted by atomic mass is 10.1. The second-order valence-corrected chi connectivity index (χ2v) is 7.37. The summed E-state index contributed by atoms with van der Waals surface area (Å²) in [5.41, 5.74) is 1.62. The van der Waals surface area contributed by atoms with Gasteiger partial charge in [-0.25, -0.2) is 4.79 Å². The molecule has 0 saturated carbocycles. The van der Waals surface area contributed by atoms with Gasteiger partial charge in [-0.15, -0.1) is 0 Å². The van der Waals surface area contributed by atoms with Crippen LogP contribution in [-0.4, -0.2) is 43.6 Å². The van der Waals surface area contributed by atoms with Crippen molar-refractivity contribution in [2.45, 2.75) is 32.3 Å². The predicted molar refractivity (Wildman–Crippen MR) is 119 cm³/mol. The Morgan fingerprint density at radius 3 is 2.45 bits per heavy atom. The zero-order chi connectivity index (χ0) is 22.1. The largest absolute Gasteiger partial charge is 0.493 e. The zero-order valence-electron chi connectivity index (χ0n) is 18.1. The van der Waals surface area contributed by atoms with Crippen molar-refractivity contribution in [1.29, 1.82) is 0 Å². The van der Waals surface area contributed by atoms with Gasteiger partial charge in [-0.1, -0.05) is 48.6 Å². The third-order valence-corrected chi connectivity index (χ3v) is 5.14. The van der Waals surface area contributed by atoms with Gasteiger partial charge in [0.25, 0.3) is 5.91 Å². The monoisotopic (exact) mass is 423 g/mol. The number of hydrogen-bond acceptors (Lipinski definition) is 5. The molecule has 1 aliphatic rings. The summed E-state index contributed by atoms with van der Waals surface area (Å²) in [6.07, 6.45) is 5.93. The van der Waals surface area contributed by atoms with E-state index < -0.39 is 12.1 Å². The molecule has 0 aromatic heterocycles. The van der Waals surface area contributed by atoms with Crippen LogP contribution in [-0.2, 0) is 14.3 Å². The number of amides is 1. The van der Waals surface area contributed by atoms with E-state index in [0.29, 0.717) is 30.2 Å². The highest BCUT2D eigenvalue weighted by Gasteiger charge is 2.30. The van der Waals surface area contributed by atoms with Crippen molar-refractivity contribution in [3.63, 3.8) is 0 Å². The third kappa shape index (κ3) is 6.10. The van der Waals surface area contributed by atoms with Crippen molar-refractivity contribution in [2.24, 2.45) is 0 Å². The molecule has 1 saturated heterocycles. The second-order valence-electron chi connectivity index (χ2n) is 7.37. The topological polar surface area (TPSA) is 65.1 Å². The van der Waals surface area contributed by atoms with E-state index in [4.69, 9.17) is 14.2 Å². The molecular weight excluding hydrogens is 394 g/mol. The van der Waals surface area contributed by atoms with E-state index in [-0.39, 0.29) is 12.5 Å². The maximum absolute atomic E-state index is 13.1. The highest BCUT2D eigenvalue weighted by Crippen LogP contribution is 2.29. The van der Waals surface area contributed by atoms with Gasteiger partial charge in [0.1, 0.15) is 0 Å². The first-order valence-electron chi connectivity index (χ1n) is 10.6. The van der Waals surface area contributed by atoms with E-state index in [1.807, 2.05) is 49.4 Å². The smallest absolute Gasteiger partial charge is 0.345 e. The van der Waals surface area contributed by atoms with Crippen LogP contribution in [0.25, 0.3) is 6.08 Å². The van der Waals surface area contributed by atoms with Gasteiger partial charge in [-0.3, -0.25) is 4.79 Å². The molecule has 0 spiro atoms. The first-order valence-corrected chi connectivity index (χ1v) is 10.6. The molecule has 1 atom stereocenters. The molecule has 3 rings (SSSR count). The summed E-state index contributed by atoms with van der Waals surface area (Å²) in [5.74, 6) is 0.157. The van der Waals surface area contributed by atoms with E-state index in [0.717, 1.165) is 24.8 Å². The Morgan fingerprint density at radius 2 is 1.77 bits per heavy atom. The average molecular weight is 424 g/mol. The molecule has 6 heteroatoms. The Hall–Kier alpha value is -3.28. The molecule has 0 aliphatic carbocycles. The third-order valence-electron chi connectivity index (χ3n) is 5.14. The number of carbonyl (C=O) groups excluding carboxylic acids is 2. The fraction of sp³-hybridized carbons (Fsp3) is 0.360. The van der Waals surface area contributed by atoms with Crippen LogP contribution < -0.4 is 9.47 Å². The summed E-state index contributed by atoms with van der Waals surface area (Å²) in [6, 6.07) is 14.5. The molecule has 2 aromatic rings. The molecule has 1 aliphatic heterocycles. The van der Waals surface area contributed by atoms with Crippen LogP contribution >= 0.6 is 0 Å². The van der Waals surface area contributed by atoms with E-state index in [1.54, 1.807) is 30.2 Å². The lowest BCUT2D eigenvalue weighted by molar-refractivity contribution is -0.163. The van der Waals surface area contributed by atoms with Crippen molar-refractivity contribution in [3.05, 3.63) is 65.7 Å². The van der Waals surface area contributed by atoms with Crippen molar-refractivity contribution in [1.82, 2.24) is 4.90 Å². The average Bonchev–Trinajstić information content (AvgIpc) is 2.82. The summed E-state index contributed by atoms with van der Waals surface area (Å²) >= 11 is 0. The number of hydrogen-bond donors (Lipinski definition) is 0. The minimum absolute atomic E-state index is 0.187. The molecule has 1 amide bonds. The van der Waals surface area contributed by atoms with Crippen LogP contribution in [0.3, 0.4) is 0 Å². The van der Waals surface area contributed by atoms with Gasteiger partial charge in [-0.2, -0.15) is 0 Å². The van der Waals surface area contributed by atoms with Gasteiger partial charge in [0.15, 0.2) is 18.1 Å². The van der Waals surface area contributed by atoms with Crippen molar-refractivity contribution in [3.8, 4) is 11.5 Å². The molecule has 2 aromatic carbocycles. The Bertz CT molecular complexity index is 903. The van der Waals surface area contributed by atoms with Crippen LogP contribution in [0.2, 0.25) is 0 Å². The van der Waals surface area contributed by atoms with Crippen LogP contribution in [0.5, 0.6) is 11.5 Å². The van der Waals surface area contributed by atoms with Gasteiger partial charge in [0.05, 0.1) is 7.11 Å². The molecule has 0 radical (unpaired) electrons. The SMILES string of the molecule is C/C=C/c1ccc(OCC(=O)O[C@@H](C(=O)N2CCCCC2)c2ccccc2)c(OC)c1. The van der Waals surface area contributed by atoms with Crippen LogP contribution in [0.1, 0.15) is 43.4 Å². The fourth-order valence-electron chi connectivity index (χ4n) is 3.57. The number of rotatable bonds is 8. The number of allylic oxidation sites excluding steroid dienone is 1. The number of esters is 1. The Morgan fingerprint density at radius 1 is 1.03 bits per heavy atom. The first-order chi connectivity index (χ1) is 15.1. The second kappa shape index (κ2) is 11.2. The standard InChI is InChI=1S/C25H29NO5/c1-3-10-19-13-14-21(22(17-19)29-2)30-18-23(27)31-24(20-11-6-4-7-12-20)25(28)26-15-8-5-9-16-26/h3-4,6-7,10-14,17,24H,5,8-9,15-16,18H2,1-2H3/b10-3+/t24-/m1/s1. The minimum Gasteiger partial charge on any atom is -0.493 e. The molecule has 31 heavy (non-hydrogen) atoms. The Labute approximate surface area is 183 Å². The van der Waals surface area contributed by atoms with E-state index in [9.17, 15) is 9.59 Å². The number of nitrogens with zero attached hydrogens (tertiary/aromatic N) is 1. The van der Waals surface area contributed by atoms with Crippen LogP contribution in [0.4, 0.5) is 0 Å². The fourth-order valence-corrected chi connectivity index (χ4v) is 3.57. The highest BCUT2D eigenvalue weighted by molar-refractivity contribution is 5.85. The van der Waals surface area contributed by atoms with Gasteiger partial charge < -0.3 is 19.1 Å². The number of likely N-dealkylation sites (tertiary alicyclic amines) is 1.